The Morgan fingerprint density at radius 2 is 2.05 bits per heavy atom. The molecular formula is C14H16ClNO4. The fourth-order valence-electron chi connectivity index (χ4n) is 2.11. The van der Waals surface area contributed by atoms with Gasteiger partial charge in [-0.15, -0.1) is 0 Å². The predicted molar refractivity (Wildman–Crippen MR) is 73.7 cm³/mol. The van der Waals surface area contributed by atoms with Crippen molar-refractivity contribution in [3.8, 4) is 5.75 Å². The molecule has 20 heavy (non-hydrogen) atoms. The molecule has 108 valence electrons. The van der Waals surface area contributed by atoms with Crippen LogP contribution in [0.3, 0.4) is 0 Å². The molecule has 0 spiro atoms. The summed E-state index contributed by atoms with van der Waals surface area (Å²) >= 11 is 5.76. The SMILES string of the molecule is COC(=O)C1CCN(C(=O)COc2ccc(Cl)cc2)C1. The van der Waals surface area contributed by atoms with E-state index in [1.54, 1.807) is 29.2 Å². The van der Waals surface area contributed by atoms with Gasteiger partial charge in [-0.25, -0.2) is 0 Å². The first-order chi connectivity index (χ1) is 9.60. The Balaban J connectivity index is 1.81. The molecule has 1 saturated heterocycles. The van der Waals surface area contributed by atoms with Crippen molar-refractivity contribution in [2.75, 3.05) is 26.8 Å². The number of ether oxygens (including phenoxy) is 2. The van der Waals surface area contributed by atoms with E-state index in [-0.39, 0.29) is 24.4 Å². The Bertz CT molecular complexity index is 488. The van der Waals surface area contributed by atoms with Crippen LogP contribution >= 0.6 is 11.6 Å². The zero-order valence-electron chi connectivity index (χ0n) is 11.2. The van der Waals surface area contributed by atoms with Gasteiger partial charge >= 0.3 is 5.97 Å². The lowest BCUT2D eigenvalue weighted by Crippen LogP contribution is -2.34. The zero-order valence-corrected chi connectivity index (χ0v) is 11.9. The van der Waals surface area contributed by atoms with E-state index in [9.17, 15) is 9.59 Å². The Kier molecular flexibility index (Phi) is 4.84. The molecule has 6 heteroatoms. The molecule has 2 rings (SSSR count). The molecule has 0 radical (unpaired) electrons. The summed E-state index contributed by atoms with van der Waals surface area (Å²) in [7, 11) is 1.36. The highest BCUT2D eigenvalue weighted by molar-refractivity contribution is 6.30. The van der Waals surface area contributed by atoms with Crippen LogP contribution in [0.4, 0.5) is 0 Å². The normalized spacial score (nSPS) is 17.9. The first-order valence-electron chi connectivity index (χ1n) is 6.34. The predicted octanol–water partition coefficient (Wildman–Crippen LogP) is 1.74. The molecular weight excluding hydrogens is 282 g/mol. The standard InChI is InChI=1S/C14H16ClNO4/c1-19-14(18)10-6-7-16(8-10)13(17)9-20-12-4-2-11(15)3-5-12/h2-5,10H,6-9H2,1H3. The molecule has 0 aromatic heterocycles. The second-order valence-electron chi connectivity index (χ2n) is 4.59. The minimum Gasteiger partial charge on any atom is -0.484 e. The fourth-order valence-corrected chi connectivity index (χ4v) is 2.24. The van der Waals surface area contributed by atoms with Crippen molar-refractivity contribution in [2.45, 2.75) is 6.42 Å². The molecule has 0 aliphatic carbocycles. The molecule has 1 aliphatic rings. The Hall–Kier alpha value is -1.75. The van der Waals surface area contributed by atoms with Crippen LogP contribution in [0, 0.1) is 5.92 Å². The molecule has 1 fully saturated rings. The second kappa shape index (κ2) is 6.61. The molecule has 0 N–H and O–H groups in total. The van der Waals surface area contributed by atoms with E-state index < -0.39 is 0 Å². The molecule has 1 atom stereocenters. The minimum atomic E-state index is -0.265. The fraction of sp³-hybridized carbons (Fsp3) is 0.429. The Morgan fingerprint density at radius 3 is 2.70 bits per heavy atom. The van der Waals surface area contributed by atoms with Crippen LogP contribution in [-0.2, 0) is 14.3 Å². The first-order valence-corrected chi connectivity index (χ1v) is 6.72. The highest BCUT2D eigenvalue weighted by Crippen LogP contribution is 2.19. The van der Waals surface area contributed by atoms with Crippen molar-refractivity contribution in [2.24, 2.45) is 5.92 Å². The van der Waals surface area contributed by atoms with Crippen molar-refractivity contribution in [1.82, 2.24) is 4.90 Å². The number of carbonyl (C=O) groups excluding carboxylic acids is 2. The van der Waals surface area contributed by atoms with Crippen LogP contribution in [0.2, 0.25) is 5.02 Å². The lowest BCUT2D eigenvalue weighted by molar-refractivity contribution is -0.145. The molecule has 1 heterocycles. The van der Waals surface area contributed by atoms with Crippen LogP contribution in [0.5, 0.6) is 5.75 Å². The third-order valence-electron chi connectivity index (χ3n) is 3.25. The first kappa shape index (κ1) is 14.7. The number of nitrogens with zero attached hydrogens (tertiary/aromatic N) is 1. The molecule has 1 aromatic carbocycles. The number of carbonyl (C=O) groups is 2. The number of hydrogen-bond acceptors (Lipinski definition) is 4. The van der Waals surface area contributed by atoms with Gasteiger partial charge in [0, 0.05) is 18.1 Å². The molecule has 0 bridgehead atoms. The summed E-state index contributed by atoms with van der Waals surface area (Å²) in [5.74, 6) is -0.0313. The van der Waals surface area contributed by atoms with Crippen molar-refractivity contribution in [3.05, 3.63) is 29.3 Å². The molecule has 1 amide bonds. The molecule has 5 nitrogen and oxygen atoms in total. The van der Waals surface area contributed by atoms with Crippen LogP contribution in [0.25, 0.3) is 0 Å². The van der Waals surface area contributed by atoms with Crippen molar-refractivity contribution in [1.29, 1.82) is 0 Å². The van der Waals surface area contributed by atoms with Gasteiger partial charge in [-0.3, -0.25) is 9.59 Å². The lowest BCUT2D eigenvalue weighted by Gasteiger charge is -2.16. The van der Waals surface area contributed by atoms with E-state index in [1.807, 2.05) is 0 Å². The topological polar surface area (TPSA) is 55.8 Å². The van der Waals surface area contributed by atoms with E-state index in [2.05, 4.69) is 4.74 Å². The zero-order chi connectivity index (χ0) is 14.5. The summed E-state index contributed by atoms with van der Waals surface area (Å²) in [5.41, 5.74) is 0. The van der Waals surface area contributed by atoms with Crippen LogP contribution in [0.1, 0.15) is 6.42 Å². The van der Waals surface area contributed by atoms with Gasteiger partial charge in [0.1, 0.15) is 5.75 Å². The minimum absolute atomic E-state index is 0.0461. The van der Waals surface area contributed by atoms with Gasteiger partial charge in [0.2, 0.25) is 0 Å². The number of likely N-dealkylation sites (tertiary alicyclic amines) is 1. The molecule has 1 unspecified atom stereocenters. The van der Waals surface area contributed by atoms with E-state index in [4.69, 9.17) is 16.3 Å². The third-order valence-corrected chi connectivity index (χ3v) is 3.50. The maximum Gasteiger partial charge on any atom is 0.310 e. The monoisotopic (exact) mass is 297 g/mol. The van der Waals surface area contributed by atoms with Gasteiger partial charge in [-0.2, -0.15) is 0 Å². The van der Waals surface area contributed by atoms with E-state index in [1.165, 1.54) is 7.11 Å². The largest absolute Gasteiger partial charge is 0.484 e. The number of amides is 1. The maximum absolute atomic E-state index is 12.0. The van der Waals surface area contributed by atoms with Crippen LogP contribution in [-0.4, -0.2) is 43.6 Å². The van der Waals surface area contributed by atoms with Gasteiger partial charge in [0.25, 0.3) is 5.91 Å². The van der Waals surface area contributed by atoms with Crippen molar-refractivity contribution < 1.29 is 19.1 Å². The summed E-state index contributed by atoms with van der Waals surface area (Å²) in [6, 6.07) is 6.81. The summed E-state index contributed by atoms with van der Waals surface area (Å²) in [6.07, 6.45) is 0.638. The summed E-state index contributed by atoms with van der Waals surface area (Å²) in [5, 5.41) is 0.615. The highest BCUT2D eigenvalue weighted by atomic mass is 35.5. The Morgan fingerprint density at radius 1 is 1.35 bits per heavy atom. The average Bonchev–Trinajstić information content (AvgIpc) is 2.95. The summed E-state index contributed by atoms with van der Waals surface area (Å²) in [4.78, 5) is 25.0. The molecule has 0 saturated carbocycles. The van der Waals surface area contributed by atoms with Crippen molar-refractivity contribution in [3.63, 3.8) is 0 Å². The average molecular weight is 298 g/mol. The maximum atomic E-state index is 12.0. The van der Waals surface area contributed by atoms with E-state index in [0.29, 0.717) is 30.3 Å². The molecule has 1 aromatic rings. The number of halogens is 1. The number of rotatable bonds is 4. The smallest absolute Gasteiger partial charge is 0.310 e. The number of esters is 1. The van der Waals surface area contributed by atoms with Gasteiger partial charge in [-0.05, 0) is 30.7 Å². The van der Waals surface area contributed by atoms with E-state index >= 15 is 0 Å². The highest BCUT2D eigenvalue weighted by Gasteiger charge is 2.31. The summed E-state index contributed by atoms with van der Waals surface area (Å²) in [6.45, 7) is 0.910. The van der Waals surface area contributed by atoms with Gasteiger partial charge in [0.05, 0.1) is 13.0 Å². The summed E-state index contributed by atoms with van der Waals surface area (Å²) < 4.78 is 10.1. The van der Waals surface area contributed by atoms with Crippen LogP contribution < -0.4 is 4.74 Å². The number of methoxy groups -OCH3 is 1. The quantitative estimate of drug-likeness (QED) is 0.794. The molecule has 1 aliphatic heterocycles. The van der Waals surface area contributed by atoms with Crippen LogP contribution in [0.15, 0.2) is 24.3 Å². The number of hydrogen-bond donors (Lipinski definition) is 0. The number of benzene rings is 1. The lowest BCUT2D eigenvalue weighted by atomic mass is 10.1. The van der Waals surface area contributed by atoms with Gasteiger partial charge < -0.3 is 14.4 Å². The van der Waals surface area contributed by atoms with E-state index in [0.717, 1.165) is 0 Å². The van der Waals surface area contributed by atoms with Gasteiger partial charge in [0.15, 0.2) is 6.61 Å². The van der Waals surface area contributed by atoms with Crippen molar-refractivity contribution >= 4 is 23.5 Å². The Labute approximate surface area is 122 Å². The van der Waals surface area contributed by atoms with Gasteiger partial charge in [-0.1, -0.05) is 11.6 Å². The second-order valence-corrected chi connectivity index (χ2v) is 5.03. The third kappa shape index (κ3) is 3.63.